The minimum absolute atomic E-state index is 0.0801. The first-order valence-electron chi connectivity index (χ1n) is 5.83. The van der Waals surface area contributed by atoms with Gasteiger partial charge in [0.15, 0.2) is 0 Å². The van der Waals surface area contributed by atoms with Crippen molar-refractivity contribution in [3.8, 4) is 0 Å². The van der Waals surface area contributed by atoms with Gasteiger partial charge in [-0.1, -0.05) is 6.07 Å². The molecule has 0 unspecified atom stereocenters. The minimum Gasteiger partial charge on any atom is -0.393 e. The summed E-state index contributed by atoms with van der Waals surface area (Å²) in [5, 5.41) is 18.2. The Morgan fingerprint density at radius 3 is 2.89 bits per heavy atom. The Bertz CT molecular complexity index is 594. The maximum atomic E-state index is 10.9. The van der Waals surface area contributed by atoms with Gasteiger partial charge >= 0.3 is 5.69 Å². The molecule has 1 aromatic heterocycles. The number of hydrogen-bond donors (Lipinski definition) is 2. The van der Waals surface area contributed by atoms with Crippen LogP contribution in [0.15, 0.2) is 30.5 Å². The van der Waals surface area contributed by atoms with Gasteiger partial charge in [0.25, 0.3) is 0 Å². The zero-order chi connectivity index (χ0) is 13.8. The van der Waals surface area contributed by atoms with E-state index in [-0.39, 0.29) is 11.4 Å². The van der Waals surface area contributed by atoms with Gasteiger partial charge < -0.3 is 11.1 Å². The summed E-state index contributed by atoms with van der Waals surface area (Å²) in [7, 11) is 1.85. The van der Waals surface area contributed by atoms with E-state index in [0.717, 1.165) is 5.69 Å². The Balaban J connectivity index is 2.03. The van der Waals surface area contributed by atoms with Crippen molar-refractivity contribution in [2.24, 2.45) is 7.05 Å². The van der Waals surface area contributed by atoms with Crippen LogP contribution in [0.4, 0.5) is 17.1 Å². The van der Waals surface area contributed by atoms with Crippen molar-refractivity contribution in [1.29, 1.82) is 0 Å². The van der Waals surface area contributed by atoms with Gasteiger partial charge in [-0.2, -0.15) is 5.10 Å². The summed E-state index contributed by atoms with van der Waals surface area (Å²) in [5.74, 6) is 0. The molecule has 2 rings (SSSR count). The number of nitrogens with one attached hydrogen (secondary N) is 1. The van der Waals surface area contributed by atoms with Gasteiger partial charge in [0.2, 0.25) is 0 Å². The Morgan fingerprint density at radius 1 is 1.47 bits per heavy atom. The van der Waals surface area contributed by atoms with Crippen molar-refractivity contribution < 1.29 is 4.92 Å². The summed E-state index contributed by atoms with van der Waals surface area (Å²) in [6, 6.07) is 6.76. The Morgan fingerprint density at radius 2 is 2.26 bits per heavy atom. The van der Waals surface area contributed by atoms with Crippen molar-refractivity contribution in [1.82, 2.24) is 9.78 Å². The van der Waals surface area contributed by atoms with Gasteiger partial charge in [0, 0.05) is 26.2 Å². The topological polar surface area (TPSA) is 99.0 Å². The number of nitrogen functional groups attached to an aromatic ring is 1. The monoisotopic (exact) mass is 261 g/mol. The van der Waals surface area contributed by atoms with E-state index in [1.807, 2.05) is 19.3 Å². The van der Waals surface area contributed by atoms with Gasteiger partial charge in [-0.15, -0.1) is 0 Å². The maximum absolute atomic E-state index is 10.9. The highest BCUT2D eigenvalue weighted by molar-refractivity contribution is 5.74. The second-order valence-corrected chi connectivity index (χ2v) is 4.16. The normalized spacial score (nSPS) is 10.4. The third kappa shape index (κ3) is 3.01. The van der Waals surface area contributed by atoms with Crippen molar-refractivity contribution in [2.45, 2.75) is 6.42 Å². The van der Waals surface area contributed by atoms with Crippen LogP contribution in [-0.2, 0) is 13.5 Å². The molecule has 0 aliphatic heterocycles. The van der Waals surface area contributed by atoms with E-state index in [9.17, 15) is 10.1 Å². The molecule has 1 heterocycles. The van der Waals surface area contributed by atoms with Crippen LogP contribution in [0.25, 0.3) is 0 Å². The first kappa shape index (κ1) is 12.9. The summed E-state index contributed by atoms with van der Waals surface area (Å²) in [6.07, 6.45) is 2.55. The maximum Gasteiger partial charge on any atom is 0.314 e. The highest BCUT2D eigenvalue weighted by Crippen LogP contribution is 2.30. The lowest BCUT2D eigenvalue weighted by molar-refractivity contribution is -0.383. The molecule has 0 bridgehead atoms. The Hall–Kier alpha value is -2.57. The molecule has 0 spiro atoms. The second kappa shape index (κ2) is 5.38. The van der Waals surface area contributed by atoms with Crippen LogP contribution in [0.3, 0.4) is 0 Å². The number of anilines is 2. The van der Waals surface area contributed by atoms with Gasteiger partial charge in [-0.05, 0) is 18.2 Å². The number of nitro groups is 1. The van der Waals surface area contributed by atoms with E-state index in [0.29, 0.717) is 18.7 Å². The number of aromatic nitrogens is 2. The largest absolute Gasteiger partial charge is 0.393 e. The van der Waals surface area contributed by atoms with Crippen LogP contribution in [0, 0.1) is 10.1 Å². The molecule has 100 valence electrons. The SMILES string of the molecule is Cn1ccc(CCNc2cccc(N)c2[N+](=O)[O-])n1. The molecule has 0 saturated carbocycles. The molecule has 0 aliphatic carbocycles. The van der Waals surface area contributed by atoms with Gasteiger partial charge in [-0.25, -0.2) is 0 Å². The summed E-state index contributed by atoms with van der Waals surface area (Å²) in [4.78, 5) is 10.5. The molecule has 7 heteroatoms. The quantitative estimate of drug-likeness (QED) is 0.483. The van der Waals surface area contributed by atoms with E-state index in [4.69, 9.17) is 5.73 Å². The fraction of sp³-hybridized carbons (Fsp3) is 0.250. The average Bonchev–Trinajstić information content (AvgIpc) is 2.74. The van der Waals surface area contributed by atoms with E-state index < -0.39 is 4.92 Å². The number of nitrogens with two attached hydrogens (primary N) is 1. The van der Waals surface area contributed by atoms with E-state index in [1.165, 1.54) is 6.07 Å². The van der Waals surface area contributed by atoms with Gasteiger partial charge in [-0.3, -0.25) is 14.8 Å². The molecule has 19 heavy (non-hydrogen) atoms. The average molecular weight is 261 g/mol. The van der Waals surface area contributed by atoms with Crippen molar-refractivity contribution in [2.75, 3.05) is 17.6 Å². The van der Waals surface area contributed by atoms with E-state index in [1.54, 1.807) is 16.8 Å². The number of para-hydroxylation sites is 1. The lowest BCUT2D eigenvalue weighted by Crippen LogP contribution is -2.08. The third-order valence-corrected chi connectivity index (χ3v) is 2.72. The molecule has 0 aliphatic rings. The molecule has 2 aromatic rings. The first-order valence-corrected chi connectivity index (χ1v) is 5.83. The first-order chi connectivity index (χ1) is 9.08. The van der Waals surface area contributed by atoms with Gasteiger partial charge in [0.1, 0.15) is 11.4 Å². The smallest absolute Gasteiger partial charge is 0.314 e. The Kier molecular flexibility index (Phi) is 3.65. The molecular weight excluding hydrogens is 246 g/mol. The highest BCUT2D eigenvalue weighted by atomic mass is 16.6. The molecule has 3 N–H and O–H groups in total. The number of aryl methyl sites for hydroxylation is 1. The number of nitrogens with zero attached hydrogens (tertiary/aromatic N) is 3. The predicted octanol–water partition coefficient (Wildman–Crippen LogP) is 1.57. The van der Waals surface area contributed by atoms with Crippen molar-refractivity contribution in [3.63, 3.8) is 0 Å². The van der Waals surface area contributed by atoms with Crippen LogP contribution < -0.4 is 11.1 Å². The van der Waals surface area contributed by atoms with Crippen LogP contribution in [0.1, 0.15) is 5.69 Å². The second-order valence-electron chi connectivity index (χ2n) is 4.16. The fourth-order valence-corrected chi connectivity index (χ4v) is 1.83. The standard InChI is InChI=1S/C12H15N5O2/c1-16-8-6-9(15-16)5-7-14-11-4-2-3-10(13)12(11)17(18)19/h2-4,6,8,14H,5,7,13H2,1H3. The molecule has 1 aromatic carbocycles. The van der Waals surface area contributed by atoms with Crippen LogP contribution in [0.2, 0.25) is 0 Å². The van der Waals surface area contributed by atoms with E-state index >= 15 is 0 Å². The molecular formula is C12H15N5O2. The van der Waals surface area contributed by atoms with E-state index in [2.05, 4.69) is 10.4 Å². The molecule has 7 nitrogen and oxygen atoms in total. The molecule has 0 amide bonds. The van der Waals surface area contributed by atoms with Crippen molar-refractivity contribution >= 4 is 17.1 Å². The molecule has 0 saturated heterocycles. The number of benzene rings is 1. The Labute approximate surface area is 110 Å². The third-order valence-electron chi connectivity index (χ3n) is 2.72. The number of rotatable bonds is 5. The molecule has 0 radical (unpaired) electrons. The number of hydrogen-bond acceptors (Lipinski definition) is 5. The van der Waals surface area contributed by atoms with Crippen molar-refractivity contribution in [3.05, 3.63) is 46.3 Å². The van der Waals surface area contributed by atoms with Crippen LogP contribution >= 0.6 is 0 Å². The zero-order valence-electron chi connectivity index (χ0n) is 10.5. The minimum atomic E-state index is -0.474. The summed E-state index contributed by atoms with van der Waals surface area (Å²) in [6.45, 7) is 0.557. The highest BCUT2D eigenvalue weighted by Gasteiger charge is 2.17. The summed E-state index contributed by atoms with van der Waals surface area (Å²) < 4.78 is 1.72. The molecule has 0 fully saturated rings. The lowest BCUT2D eigenvalue weighted by atomic mass is 10.2. The molecule has 0 atom stereocenters. The zero-order valence-corrected chi connectivity index (χ0v) is 10.5. The number of nitro benzene ring substituents is 1. The fourth-order valence-electron chi connectivity index (χ4n) is 1.83. The summed E-state index contributed by atoms with van der Waals surface area (Å²) in [5.41, 5.74) is 7.05. The van der Waals surface area contributed by atoms with Crippen LogP contribution in [-0.4, -0.2) is 21.2 Å². The van der Waals surface area contributed by atoms with Crippen LogP contribution in [0.5, 0.6) is 0 Å². The summed E-state index contributed by atoms with van der Waals surface area (Å²) >= 11 is 0. The van der Waals surface area contributed by atoms with Gasteiger partial charge in [0.05, 0.1) is 10.6 Å². The lowest BCUT2D eigenvalue weighted by Gasteiger charge is -2.07. The predicted molar refractivity (Wildman–Crippen MR) is 72.9 cm³/mol.